The van der Waals surface area contributed by atoms with E-state index in [1.165, 1.54) is 42.3 Å². The van der Waals surface area contributed by atoms with Crippen molar-refractivity contribution < 1.29 is 0 Å². The first-order valence-corrected chi connectivity index (χ1v) is 10.1. The lowest BCUT2D eigenvalue weighted by Gasteiger charge is -2.09. The number of nitrogens with zero attached hydrogens (tertiary/aromatic N) is 1. The molecule has 0 N–H and O–H groups in total. The van der Waals surface area contributed by atoms with Gasteiger partial charge in [0, 0.05) is 31.3 Å². The van der Waals surface area contributed by atoms with E-state index in [1.54, 1.807) is 0 Å². The molecule has 0 aliphatic heterocycles. The van der Waals surface area contributed by atoms with Gasteiger partial charge < -0.3 is 4.57 Å². The lowest BCUT2D eigenvalue weighted by Crippen LogP contribution is -1.93. The SMILES string of the molecule is Clc1cccc2sc3c(-n4c5ccccc5c5ccccc54)cccc3c12. The minimum atomic E-state index is 0.818. The van der Waals surface area contributed by atoms with Crippen molar-refractivity contribution >= 4 is 64.9 Å². The number of fused-ring (bicyclic) bond motifs is 6. The van der Waals surface area contributed by atoms with Crippen LogP contribution in [-0.2, 0) is 0 Å². The van der Waals surface area contributed by atoms with Crippen LogP contribution in [0.4, 0.5) is 0 Å². The Morgan fingerprint density at radius 1 is 0.630 bits per heavy atom. The summed E-state index contributed by atoms with van der Waals surface area (Å²) < 4.78 is 4.88. The van der Waals surface area contributed by atoms with E-state index in [0.717, 1.165) is 10.4 Å². The third kappa shape index (κ3) is 2.05. The Labute approximate surface area is 165 Å². The van der Waals surface area contributed by atoms with Crippen LogP contribution in [0, 0.1) is 0 Å². The Hall–Kier alpha value is -2.81. The fourth-order valence-electron chi connectivity index (χ4n) is 4.15. The first-order valence-electron chi connectivity index (χ1n) is 8.91. The summed E-state index contributed by atoms with van der Waals surface area (Å²) in [6.45, 7) is 0. The lowest BCUT2D eigenvalue weighted by molar-refractivity contribution is 1.20. The zero-order valence-electron chi connectivity index (χ0n) is 14.3. The second kappa shape index (κ2) is 5.59. The van der Waals surface area contributed by atoms with Crippen LogP contribution in [0.25, 0.3) is 47.7 Å². The maximum atomic E-state index is 6.54. The van der Waals surface area contributed by atoms with Crippen LogP contribution in [0.2, 0.25) is 5.02 Å². The van der Waals surface area contributed by atoms with Gasteiger partial charge in [0.1, 0.15) is 0 Å². The number of hydrogen-bond donors (Lipinski definition) is 0. The second-order valence-electron chi connectivity index (χ2n) is 6.74. The standard InChI is InChI=1S/C24H14ClNS/c25-18-10-6-14-22-23(18)17-9-5-13-21(24(17)27-22)26-19-11-3-1-7-15(19)16-8-2-4-12-20(16)26/h1-14H. The van der Waals surface area contributed by atoms with E-state index in [-0.39, 0.29) is 0 Å². The van der Waals surface area contributed by atoms with Crippen LogP contribution < -0.4 is 0 Å². The first kappa shape index (κ1) is 15.3. The average Bonchev–Trinajstić information content (AvgIpc) is 3.25. The quantitative estimate of drug-likeness (QED) is 0.273. The van der Waals surface area contributed by atoms with E-state index >= 15 is 0 Å². The van der Waals surface area contributed by atoms with Gasteiger partial charge in [-0.15, -0.1) is 11.3 Å². The molecule has 0 unspecified atom stereocenters. The third-order valence-electron chi connectivity index (χ3n) is 5.27. The van der Waals surface area contributed by atoms with Crippen molar-refractivity contribution in [3.63, 3.8) is 0 Å². The topological polar surface area (TPSA) is 4.93 Å². The maximum Gasteiger partial charge on any atom is 0.0640 e. The molecular weight excluding hydrogens is 370 g/mol. The van der Waals surface area contributed by atoms with Crippen molar-refractivity contribution in [2.24, 2.45) is 0 Å². The summed E-state index contributed by atoms with van der Waals surface area (Å²) in [6, 6.07) is 29.9. The molecule has 27 heavy (non-hydrogen) atoms. The molecule has 0 spiro atoms. The molecule has 6 aromatic rings. The Morgan fingerprint density at radius 2 is 1.26 bits per heavy atom. The highest BCUT2D eigenvalue weighted by atomic mass is 35.5. The molecular formula is C24H14ClNS. The number of aromatic nitrogens is 1. The molecule has 0 fully saturated rings. The van der Waals surface area contributed by atoms with E-state index in [0.29, 0.717) is 0 Å². The minimum Gasteiger partial charge on any atom is -0.308 e. The highest BCUT2D eigenvalue weighted by Crippen LogP contribution is 2.42. The second-order valence-corrected chi connectivity index (χ2v) is 8.20. The van der Waals surface area contributed by atoms with Crippen molar-refractivity contribution in [2.45, 2.75) is 0 Å². The maximum absolute atomic E-state index is 6.54. The highest BCUT2D eigenvalue weighted by molar-refractivity contribution is 7.26. The van der Waals surface area contributed by atoms with Crippen molar-refractivity contribution in [1.82, 2.24) is 4.57 Å². The van der Waals surface area contributed by atoms with Crippen LogP contribution in [0.15, 0.2) is 84.9 Å². The molecule has 4 aromatic carbocycles. The normalized spacial score (nSPS) is 11.9. The number of rotatable bonds is 1. The van der Waals surface area contributed by atoms with E-state index in [9.17, 15) is 0 Å². The number of para-hydroxylation sites is 2. The zero-order valence-corrected chi connectivity index (χ0v) is 15.9. The number of hydrogen-bond acceptors (Lipinski definition) is 1. The fraction of sp³-hybridized carbons (Fsp3) is 0. The van der Waals surface area contributed by atoms with E-state index < -0.39 is 0 Å². The van der Waals surface area contributed by atoms with Crippen LogP contribution >= 0.6 is 22.9 Å². The molecule has 2 heterocycles. The third-order valence-corrected chi connectivity index (χ3v) is 6.78. The van der Waals surface area contributed by atoms with Crippen molar-refractivity contribution in [3.05, 3.63) is 90.0 Å². The largest absolute Gasteiger partial charge is 0.308 e. The average molecular weight is 384 g/mol. The van der Waals surface area contributed by atoms with E-state index in [2.05, 4.69) is 77.4 Å². The Balaban J connectivity index is 1.84. The molecule has 0 radical (unpaired) electrons. The fourth-order valence-corrected chi connectivity index (χ4v) is 5.71. The number of benzene rings is 4. The smallest absolute Gasteiger partial charge is 0.0640 e. The van der Waals surface area contributed by atoms with Gasteiger partial charge in [0.05, 0.1) is 21.4 Å². The molecule has 0 amide bonds. The summed E-state index contributed by atoms with van der Waals surface area (Å²) in [4.78, 5) is 0. The first-order chi connectivity index (χ1) is 13.3. The van der Waals surface area contributed by atoms with Crippen LogP contribution in [0.1, 0.15) is 0 Å². The molecule has 0 bridgehead atoms. The molecule has 0 aliphatic rings. The van der Waals surface area contributed by atoms with Gasteiger partial charge in [-0.3, -0.25) is 0 Å². The van der Waals surface area contributed by atoms with Gasteiger partial charge in [0.2, 0.25) is 0 Å². The summed E-state index contributed by atoms with van der Waals surface area (Å²) in [5.74, 6) is 0. The number of halogens is 1. The van der Waals surface area contributed by atoms with Crippen molar-refractivity contribution in [1.29, 1.82) is 0 Å². The summed E-state index contributed by atoms with van der Waals surface area (Å²) in [6.07, 6.45) is 0. The molecule has 128 valence electrons. The summed E-state index contributed by atoms with van der Waals surface area (Å²) >= 11 is 8.36. The Morgan fingerprint density at radius 3 is 2.00 bits per heavy atom. The van der Waals surface area contributed by atoms with Gasteiger partial charge >= 0.3 is 0 Å². The Bertz CT molecular complexity index is 1440. The molecule has 0 saturated carbocycles. The van der Waals surface area contributed by atoms with Gasteiger partial charge in [-0.1, -0.05) is 66.2 Å². The zero-order chi connectivity index (χ0) is 18.0. The van der Waals surface area contributed by atoms with Gasteiger partial charge in [-0.2, -0.15) is 0 Å². The molecule has 0 atom stereocenters. The van der Waals surface area contributed by atoms with Crippen LogP contribution in [0.5, 0.6) is 0 Å². The van der Waals surface area contributed by atoms with Gasteiger partial charge in [0.15, 0.2) is 0 Å². The highest BCUT2D eigenvalue weighted by Gasteiger charge is 2.16. The van der Waals surface area contributed by atoms with E-state index in [4.69, 9.17) is 11.6 Å². The number of thiophene rings is 1. The molecule has 0 saturated heterocycles. The molecule has 3 heteroatoms. The molecule has 0 aliphatic carbocycles. The lowest BCUT2D eigenvalue weighted by atomic mass is 10.1. The predicted molar refractivity (Wildman–Crippen MR) is 119 cm³/mol. The van der Waals surface area contributed by atoms with E-state index in [1.807, 2.05) is 23.5 Å². The predicted octanol–water partition coefficient (Wildman–Crippen LogP) is 7.81. The van der Waals surface area contributed by atoms with Gasteiger partial charge in [-0.05, 0) is 30.3 Å². The summed E-state index contributed by atoms with van der Waals surface area (Å²) in [5.41, 5.74) is 3.67. The Kier molecular flexibility index (Phi) is 3.16. The van der Waals surface area contributed by atoms with Crippen LogP contribution in [-0.4, -0.2) is 4.57 Å². The molecule has 6 rings (SSSR count). The minimum absolute atomic E-state index is 0.818. The van der Waals surface area contributed by atoms with Crippen molar-refractivity contribution in [3.8, 4) is 5.69 Å². The van der Waals surface area contributed by atoms with Gasteiger partial charge in [0.25, 0.3) is 0 Å². The molecule has 1 nitrogen and oxygen atoms in total. The van der Waals surface area contributed by atoms with Crippen molar-refractivity contribution in [2.75, 3.05) is 0 Å². The molecule has 2 aromatic heterocycles. The summed E-state index contributed by atoms with van der Waals surface area (Å²) in [7, 11) is 0. The van der Waals surface area contributed by atoms with Gasteiger partial charge in [-0.25, -0.2) is 0 Å². The monoisotopic (exact) mass is 383 g/mol. The van der Waals surface area contributed by atoms with Crippen LogP contribution in [0.3, 0.4) is 0 Å². The summed E-state index contributed by atoms with van der Waals surface area (Å²) in [5, 5.41) is 5.76.